The number of hydrogen-bond donors (Lipinski definition) is 2. The summed E-state index contributed by atoms with van der Waals surface area (Å²) >= 11 is 0. The van der Waals surface area contributed by atoms with Gasteiger partial charge in [0, 0.05) is 13.1 Å². The number of nitrogens with one attached hydrogen (secondary N) is 1. The van der Waals surface area contributed by atoms with Crippen molar-refractivity contribution in [1.82, 2.24) is 34.6 Å². The van der Waals surface area contributed by atoms with Gasteiger partial charge in [-0.05, 0) is 19.5 Å². The number of nitrogen functional groups attached to an aromatic ring is 1. The molecule has 0 atom stereocenters. The zero-order valence-corrected chi connectivity index (χ0v) is 12.4. The standard InChI is InChI=1S/C12H21N9/c1-3-6-20(4-2)7-5-15-11-17-10(13)18-12(19-11)21-9-14-8-16-21/h8-9H,3-7H2,1-2H3,(H3,13,15,17,18,19). The van der Waals surface area contributed by atoms with Crippen molar-refractivity contribution in [3.05, 3.63) is 12.7 Å². The third-order valence-corrected chi connectivity index (χ3v) is 2.96. The molecule has 0 bridgehead atoms. The summed E-state index contributed by atoms with van der Waals surface area (Å²) in [6.07, 6.45) is 4.07. The monoisotopic (exact) mass is 291 g/mol. The molecule has 0 radical (unpaired) electrons. The van der Waals surface area contributed by atoms with Crippen molar-refractivity contribution in [1.29, 1.82) is 0 Å². The van der Waals surface area contributed by atoms with E-state index in [2.05, 4.69) is 49.1 Å². The van der Waals surface area contributed by atoms with Crippen LogP contribution in [0.5, 0.6) is 0 Å². The van der Waals surface area contributed by atoms with Crippen molar-refractivity contribution in [3.63, 3.8) is 0 Å². The number of hydrogen-bond acceptors (Lipinski definition) is 8. The van der Waals surface area contributed by atoms with Crippen LogP contribution in [0.4, 0.5) is 11.9 Å². The molecular weight excluding hydrogens is 270 g/mol. The molecule has 0 aliphatic carbocycles. The predicted molar refractivity (Wildman–Crippen MR) is 80.1 cm³/mol. The Morgan fingerprint density at radius 1 is 1.24 bits per heavy atom. The summed E-state index contributed by atoms with van der Waals surface area (Å²) in [6.45, 7) is 8.11. The average molecular weight is 291 g/mol. The van der Waals surface area contributed by atoms with E-state index in [0.29, 0.717) is 11.9 Å². The number of aromatic nitrogens is 6. The highest BCUT2D eigenvalue weighted by atomic mass is 15.4. The van der Waals surface area contributed by atoms with Crippen LogP contribution < -0.4 is 11.1 Å². The van der Waals surface area contributed by atoms with Crippen molar-refractivity contribution in [2.45, 2.75) is 20.3 Å². The minimum absolute atomic E-state index is 0.152. The fraction of sp³-hybridized carbons (Fsp3) is 0.583. The summed E-state index contributed by atoms with van der Waals surface area (Å²) in [4.78, 5) is 18.6. The van der Waals surface area contributed by atoms with E-state index in [1.54, 1.807) is 0 Å². The van der Waals surface area contributed by atoms with Gasteiger partial charge in [-0.3, -0.25) is 0 Å². The van der Waals surface area contributed by atoms with Crippen LogP contribution in [0, 0.1) is 0 Å². The van der Waals surface area contributed by atoms with Gasteiger partial charge in [0.05, 0.1) is 0 Å². The predicted octanol–water partition coefficient (Wildman–Crippen LogP) is 0.178. The maximum absolute atomic E-state index is 5.70. The second-order valence-electron chi connectivity index (χ2n) is 4.52. The van der Waals surface area contributed by atoms with Crippen LogP contribution in [-0.2, 0) is 0 Å². The SMILES string of the molecule is CCCN(CC)CCNc1nc(N)nc(-n2cncn2)n1. The molecule has 0 unspecified atom stereocenters. The van der Waals surface area contributed by atoms with Gasteiger partial charge in [0.15, 0.2) is 0 Å². The van der Waals surface area contributed by atoms with Crippen LogP contribution in [0.15, 0.2) is 12.7 Å². The maximum Gasteiger partial charge on any atom is 0.258 e. The number of nitrogens with zero attached hydrogens (tertiary/aromatic N) is 7. The first-order chi connectivity index (χ1) is 10.2. The van der Waals surface area contributed by atoms with E-state index >= 15 is 0 Å². The van der Waals surface area contributed by atoms with Crippen molar-refractivity contribution in [2.24, 2.45) is 0 Å². The Kier molecular flexibility index (Phi) is 5.38. The average Bonchev–Trinajstić information content (AvgIpc) is 3.00. The van der Waals surface area contributed by atoms with Gasteiger partial charge in [-0.15, -0.1) is 0 Å². The highest BCUT2D eigenvalue weighted by Crippen LogP contribution is 2.05. The Balaban J connectivity index is 1.97. The van der Waals surface area contributed by atoms with E-state index in [0.717, 1.165) is 32.6 Å². The molecule has 0 fully saturated rings. The van der Waals surface area contributed by atoms with Crippen LogP contribution in [0.25, 0.3) is 5.95 Å². The molecule has 21 heavy (non-hydrogen) atoms. The van der Waals surface area contributed by atoms with E-state index in [1.807, 2.05) is 0 Å². The van der Waals surface area contributed by atoms with Gasteiger partial charge in [0.25, 0.3) is 5.95 Å². The van der Waals surface area contributed by atoms with E-state index in [1.165, 1.54) is 17.3 Å². The molecule has 0 spiro atoms. The summed E-state index contributed by atoms with van der Waals surface area (Å²) in [5.74, 6) is 0.947. The largest absolute Gasteiger partial charge is 0.368 e. The first kappa shape index (κ1) is 15.1. The summed E-state index contributed by atoms with van der Waals surface area (Å²) in [6, 6.07) is 0. The molecule has 2 aromatic heterocycles. The van der Waals surface area contributed by atoms with Crippen LogP contribution in [-0.4, -0.2) is 60.8 Å². The minimum Gasteiger partial charge on any atom is -0.368 e. The van der Waals surface area contributed by atoms with Crippen molar-refractivity contribution < 1.29 is 0 Å². The van der Waals surface area contributed by atoms with Gasteiger partial charge >= 0.3 is 0 Å². The number of likely N-dealkylation sites (N-methyl/N-ethyl adjacent to an activating group) is 1. The molecule has 0 saturated heterocycles. The van der Waals surface area contributed by atoms with E-state index < -0.39 is 0 Å². The minimum atomic E-state index is 0.152. The molecule has 0 saturated carbocycles. The first-order valence-electron chi connectivity index (χ1n) is 7.05. The van der Waals surface area contributed by atoms with E-state index in [9.17, 15) is 0 Å². The second-order valence-corrected chi connectivity index (χ2v) is 4.52. The van der Waals surface area contributed by atoms with Gasteiger partial charge in [-0.2, -0.15) is 24.7 Å². The van der Waals surface area contributed by atoms with Crippen LogP contribution >= 0.6 is 0 Å². The van der Waals surface area contributed by atoms with Gasteiger partial charge in [0.1, 0.15) is 12.7 Å². The zero-order valence-electron chi connectivity index (χ0n) is 12.4. The number of rotatable bonds is 8. The highest BCUT2D eigenvalue weighted by Gasteiger charge is 2.07. The quantitative estimate of drug-likeness (QED) is 0.708. The normalized spacial score (nSPS) is 11.0. The molecule has 0 aliphatic heterocycles. The van der Waals surface area contributed by atoms with Gasteiger partial charge in [-0.1, -0.05) is 13.8 Å². The molecule has 0 aromatic carbocycles. The van der Waals surface area contributed by atoms with Crippen LogP contribution in [0.2, 0.25) is 0 Å². The van der Waals surface area contributed by atoms with E-state index in [-0.39, 0.29) is 5.95 Å². The van der Waals surface area contributed by atoms with Gasteiger partial charge < -0.3 is 16.0 Å². The Morgan fingerprint density at radius 2 is 2.10 bits per heavy atom. The molecular formula is C12H21N9. The summed E-state index contributed by atoms with van der Waals surface area (Å²) in [5.41, 5.74) is 5.70. The molecule has 9 nitrogen and oxygen atoms in total. The molecule has 2 heterocycles. The molecule has 9 heteroatoms. The van der Waals surface area contributed by atoms with Crippen LogP contribution in [0.3, 0.4) is 0 Å². The third-order valence-electron chi connectivity index (χ3n) is 2.96. The Hall–Kier alpha value is -2.29. The van der Waals surface area contributed by atoms with Crippen LogP contribution in [0.1, 0.15) is 20.3 Å². The fourth-order valence-corrected chi connectivity index (χ4v) is 1.94. The maximum atomic E-state index is 5.70. The molecule has 2 aromatic rings. The molecule has 3 N–H and O–H groups in total. The third kappa shape index (κ3) is 4.35. The lowest BCUT2D eigenvalue weighted by atomic mass is 10.4. The molecule has 2 rings (SSSR count). The van der Waals surface area contributed by atoms with Crippen molar-refractivity contribution >= 4 is 11.9 Å². The Labute approximate surface area is 123 Å². The first-order valence-corrected chi connectivity index (χ1v) is 7.05. The fourth-order valence-electron chi connectivity index (χ4n) is 1.94. The Bertz CT molecular complexity index is 540. The summed E-state index contributed by atoms with van der Waals surface area (Å²) < 4.78 is 1.44. The zero-order chi connectivity index (χ0) is 15.1. The topological polar surface area (TPSA) is 111 Å². The number of nitrogens with two attached hydrogens (primary N) is 1. The van der Waals surface area contributed by atoms with Gasteiger partial charge in [-0.25, -0.2) is 4.98 Å². The van der Waals surface area contributed by atoms with Crippen molar-refractivity contribution in [2.75, 3.05) is 37.2 Å². The van der Waals surface area contributed by atoms with E-state index in [4.69, 9.17) is 5.73 Å². The highest BCUT2D eigenvalue weighted by molar-refractivity contribution is 5.34. The molecule has 114 valence electrons. The molecule has 0 amide bonds. The second kappa shape index (κ2) is 7.48. The lowest BCUT2D eigenvalue weighted by Crippen LogP contribution is -2.30. The molecule has 0 aliphatic rings. The van der Waals surface area contributed by atoms with Gasteiger partial charge in [0.2, 0.25) is 11.9 Å². The summed E-state index contributed by atoms with van der Waals surface area (Å²) in [5, 5.41) is 7.14. The summed E-state index contributed by atoms with van der Waals surface area (Å²) in [7, 11) is 0. The lowest BCUT2D eigenvalue weighted by Gasteiger charge is -2.19. The van der Waals surface area contributed by atoms with Crippen molar-refractivity contribution in [3.8, 4) is 5.95 Å². The number of anilines is 2. The smallest absolute Gasteiger partial charge is 0.258 e. The Morgan fingerprint density at radius 3 is 2.76 bits per heavy atom. The lowest BCUT2D eigenvalue weighted by molar-refractivity contribution is 0.300.